The predicted octanol–water partition coefficient (Wildman–Crippen LogP) is 2.80. The minimum absolute atomic E-state index is 0. The summed E-state index contributed by atoms with van der Waals surface area (Å²) in [5, 5.41) is 0. The quantitative estimate of drug-likeness (QED) is 0.521. The van der Waals surface area contributed by atoms with Crippen molar-refractivity contribution in [3.8, 4) is 0 Å². The van der Waals surface area contributed by atoms with Crippen molar-refractivity contribution in [3.05, 3.63) is 0 Å². The summed E-state index contributed by atoms with van der Waals surface area (Å²) < 4.78 is 0. The fourth-order valence-electron chi connectivity index (χ4n) is 1.48. The Labute approximate surface area is 66.5 Å². The van der Waals surface area contributed by atoms with Crippen LogP contribution in [-0.2, 0) is 0 Å². The Morgan fingerprint density at radius 2 is 1.40 bits per heavy atom. The van der Waals surface area contributed by atoms with E-state index < -0.39 is 0 Å². The zero-order valence-electron chi connectivity index (χ0n) is 7.40. The Bertz CT molecular complexity index is 58.6. The Morgan fingerprint density at radius 3 is 1.80 bits per heavy atom. The Kier molecular flexibility index (Phi) is 7.04. The summed E-state index contributed by atoms with van der Waals surface area (Å²) in [7, 11) is 1.50. The number of rotatable bonds is 0. The molecule has 1 rings (SSSR count). The topological polar surface area (TPSA) is 26.0 Å². The van der Waals surface area contributed by atoms with Crippen LogP contribution in [-0.4, -0.2) is 7.05 Å². The monoisotopic (exact) mass is 145 g/mol. The van der Waals surface area contributed by atoms with Crippen molar-refractivity contribution in [2.24, 2.45) is 11.7 Å². The van der Waals surface area contributed by atoms with Crippen LogP contribution in [0.15, 0.2) is 0 Å². The zero-order chi connectivity index (χ0) is 7.82. The highest BCUT2D eigenvalue weighted by Gasteiger charge is 2.04. The van der Waals surface area contributed by atoms with E-state index in [9.17, 15) is 0 Å². The molecular weight excluding hydrogens is 122 g/mol. The molecule has 1 saturated carbocycles. The molecule has 1 heteroatoms. The molecule has 1 fully saturated rings. The van der Waals surface area contributed by atoms with Crippen molar-refractivity contribution in [3.63, 3.8) is 0 Å². The minimum atomic E-state index is 0. The first-order valence-corrected chi connectivity index (χ1v) is 4.47. The first-order valence-electron chi connectivity index (χ1n) is 4.47. The second-order valence-electron chi connectivity index (χ2n) is 3.10. The van der Waals surface area contributed by atoms with Gasteiger partial charge in [0.25, 0.3) is 0 Å². The fraction of sp³-hybridized carbons (Fsp3) is 1.00. The molecule has 0 saturated heterocycles. The third-order valence-corrected chi connectivity index (χ3v) is 2.14. The van der Waals surface area contributed by atoms with Crippen LogP contribution in [0.5, 0.6) is 0 Å². The second kappa shape index (κ2) is 7.07. The molecule has 0 bridgehead atoms. The molecule has 64 valence electrons. The van der Waals surface area contributed by atoms with Crippen molar-refractivity contribution in [1.29, 1.82) is 0 Å². The number of nitrogens with two attached hydrogens (primary N) is 1. The molecule has 1 aliphatic carbocycles. The summed E-state index contributed by atoms with van der Waals surface area (Å²) in [5.74, 6) is 1.03. The Morgan fingerprint density at radius 1 is 1.00 bits per heavy atom. The summed E-state index contributed by atoms with van der Waals surface area (Å²) in [6.07, 6.45) is 8.93. The maximum absolute atomic E-state index is 4.50. The van der Waals surface area contributed by atoms with Gasteiger partial charge in [-0.2, -0.15) is 0 Å². The minimum Gasteiger partial charge on any atom is -0.333 e. The molecule has 2 N–H and O–H groups in total. The maximum atomic E-state index is 4.50. The lowest BCUT2D eigenvalue weighted by Crippen LogP contribution is -1.88. The molecule has 0 aromatic heterocycles. The van der Waals surface area contributed by atoms with Crippen molar-refractivity contribution < 1.29 is 1.43 Å². The van der Waals surface area contributed by atoms with Gasteiger partial charge in [-0.3, -0.25) is 0 Å². The summed E-state index contributed by atoms with van der Waals surface area (Å²) >= 11 is 0. The molecule has 0 spiro atoms. The molecule has 0 amide bonds. The largest absolute Gasteiger partial charge is 0.333 e. The SMILES string of the molecule is CC1CCCCCC1.CN.[HH]. The number of hydrogen-bond acceptors (Lipinski definition) is 1. The molecule has 0 heterocycles. The lowest BCUT2D eigenvalue weighted by atomic mass is 10.0. The van der Waals surface area contributed by atoms with Crippen LogP contribution in [0, 0.1) is 5.92 Å². The predicted molar refractivity (Wildman–Crippen MR) is 49.1 cm³/mol. The van der Waals surface area contributed by atoms with Gasteiger partial charge in [-0.15, -0.1) is 0 Å². The van der Waals surface area contributed by atoms with Crippen molar-refractivity contribution in [2.75, 3.05) is 7.05 Å². The van der Waals surface area contributed by atoms with Crippen molar-refractivity contribution >= 4 is 0 Å². The van der Waals surface area contributed by atoms with Gasteiger partial charge in [0.1, 0.15) is 0 Å². The van der Waals surface area contributed by atoms with Gasteiger partial charge in [-0.05, 0) is 13.0 Å². The third-order valence-electron chi connectivity index (χ3n) is 2.14. The molecule has 10 heavy (non-hydrogen) atoms. The maximum Gasteiger partial charge on any atom is 0 e. The first kappa shape index (κ1) is 9.96. The van der Waals surface area contributed by atoms with Gasteiger partial charge in [0, 0.05) is 1.43 Å². The van der Waals surface area contributed by atoms with Crippen LogP contribution in [0.4, 0.5) is 0 Å². The highest BCUT2D eigenvalue weighted by molar-refractivity contribution is 4.58. The molecule has 0 radical (unpaired) electrons. The van der Waals surface area contributed by atoms with Crippen molar-refractivity contribution in [1.82, 2.24) is 0 Å². The number of hydrogen-bond donors (Lipinski definition) is 1. The van der Waals surface area contributed by atoms with E-state index in [-0.39, 0.29) is 1.43 Å². The van der Waals surface area contributed by atoms with E-state index >= 15 is 0 Å². The fourth-order valence-corrected chi connectivity index (χ4v) is 1.48. The normalized spacial score (nSPS) is 20.7. The molecule has 0 aromatic carbocycles. The molecular formula is C9H23N. The van der Waals surface area contributed by atoms with E-state index in [0.717, 1.165) is 5.92 Å². The molecule has 0 aromatic rings. The van der Waals surface area contributed by atoms with E-state index in [1.165, 1.54) is 45.6 Å². The van der Waals surface area contributed by atoms with Gasteiger partial charge in [-0.25, -0.2) is 0 Å². The molecule has 1 nitrogen and oxygen atoms in total. The molecule has 0 unspecified atom stereocenters. The van der Waals surface area contributed by atoms with E-state index in [4.69, 9.17) is 0 Å². The average Bonchev–Trinajstić information content (AvgIpc) is 2.21. The van der Waals surface area contributed by atoms with Crippen molar-refractivity contribution in [2.45, 2.75) is 45.4 Å². The second-order valence-corrected chi connectivity index (χ2v) is 3.10. The van der Waals surface area contributed by atoms with Gasteiger partial charge >= 0.3 is 0 Å². The van der Waals surface area contributed by atoms with Gasteiger partial charge in [0.15, 0.2) is 0 Å². The van der Waals surface area contributed by atoms with Crippen LogP contribution in [0.2, 0.25) is 0 Å². The van der Waals surface area contributed by atoms with Gasteiger partial charge < -0.3 is 5.73 Å². The van der Waals surface area contributed by atoms with E-state index in [1.807, 2.05) is 0 Å². The Balaban J connectivity index is 0. The van der Waals surface area contributed by atoms with E-state index in [1.54, 1.807) is 0 Å². The highest BCUT2D eigenvalue weighted by Crippen LogP contribution is 2.21. The lowest BCUT2D eigenvalue weighted by molar-refractivity contribution is 0.505. The summed E-state index contributed by atoms with van der Waals surface area (Å²) in [4.78, 5) is 0. The molecule has 1 aliphatic rings. The summed E-state index contributed by atoms with van der Waals surface area (Å²) in [6.45, 7) is 2.38. The van der Waals surface area contributed by atoms with E-state index in [2.05, 4.69) is 12.7 Å². The first-order chi connectivity index (χ1) is 4.89. The van der Waals surface area contributed by atoms with Crippen LogP contribution >= 0.6 is 0 Å². The molecule has 0 aliphatic heterocycles. The highest BCUT2D eigenvalue weighted by atomic mass is 14.4. The van der Waals surface area contributed by atoms with Gasteiger partial charge in [0.05, 0.1) is 0 Å². The van der Waals surface area contributed by atoms with Crippen LogP contribution in [0.25, 0.3) is 0 Å². The third kappa shape index (κ3) is 4.80. The Hall–Kier alpha value is -0.0400. The lowest BCUT2D eigenvalue weighted by Gasteiger charge is -2.02. The zero-order valence-corrected chi connectivity index (χ0v) is 7.40. The van der Waals surface area contributed by atoms with Crippen LogP contribution in [0.3, 0.4) is 0 Å². The summed E-state index contributed by atoms with van der Waals surface area (Å²) in [6, 6.07) is 0. The average molecular weight is 145 g/mol. The standard InChI is InChI=1S/C8H16.CH5N.H2/c1-8-6-4-2-3-5-7-8;1-2;/h8H,2-7H2,1H3;2H2,1H3;1H. The van der Waals surface area contributed by atoms with Crippen LogP contribution < -0.4 is 5.73 Å². The van der Waals surface area contributed by atoms with Gasteiger partial charge in [0.2, 0.25) is 0 Å². The van der Waals surface area contributed by atoms with Gasteiger partial charge in [-0.1, -0.05) is 45.4 Å². The molecule has 0 atom stereocenters. The van der Waals surface area contributed by atoms with E-state index in [0.29, 0.717) is 0 Å². The smallest absolute Gasteiger partial charge is 0 e. The van der Waals surface area contributed by atoms with Crippen LogP contribution in [0.1, 0.15) is 46.9 Å². The summed E-state index contributed by atoms with van der Waals surface area (Å²) in [5.41, 5.74) is 4.50.